The predicted molar refractivity (Wildman–Crippen MR) is 100 cm³/mol. The van der Waals surface area contributed by atoms with Crippen LogP contribution in [0.5, 0.6) is 0 Å². The van der Waals surface area contributed by atoms with E-state index in [0.29, 0.717) is 18.1 Å². The average Bonchev–Trinajstić information content (AvgIpc) is 3.13. The lowest BCUT2D eigenvalue weighted by Gasteiger charge is -2.26. The normalized spacial score (nSPS) is 16.7. The number of aromatic nitrogens is 3. The monoisotopic (exact) mass is 367 g/mol. The third-order valence-corrected chi connectivity index (χ3v) is 5.37. The van der Waals surface area contributed by atoms with Crippen LogP contribution < -0.4 is 5.32 Å². The number of carbonyl (C=O) groups excluding carboxylic acids is 2. The molecule has 4 heterocycles. The molecule has 2 aromatic rings. The number of hydrogen-bond acceptors (Lipinski definition) is 4. The smallest absolute Gasteiger partial charge is 0.287 e. The summed E-state index contributed by atoms with van der Waals surface area (Å²) in [4.78, 5) is 36.2. The first-order chi connectivity index (χ1) is 13.2. The number of piperidine rings is 1. The molecule has 2 aliphatic heterocycles. The number of imidazole rings is 1. The third kappa shape index (κ3) is 3.72. The van der Waals surface area contributed by atoms with E-state index in [1.54, 1.807) is 12.4 Å². The zero-order valence-electron chi connectivity index (χ0n) is 15.5. The lowest BCUT2D eigenvalue weighted by molar-refractivity contribution is 0.0717. The fourth-order valence-corrected chi connectivity index (χ4v) is 3.90. The third-order valence-electron chi connectivity index (χ3n) is 5.37. The Labute approximate surface area is 158 Å². The summed E-state index contributed by atoms with van der Waals surface area (Å²) in [7, 11) is 0. The molecule has 7 heteroatoms. The quantitative estimate of drug-likeness (QED) is 0.898. The Morgan fingerprint density at radius 1 is 1.00 bits per heavy atom. The fourth-order valence-electron chi connectivity index (χ4n) is 3.90. The zero-order valence-corrected chi connectivity index (χ0v) is 15.5. The van der Waals surface area contributed by atoms with E-state index >= 15 is 0 Å². The van der Waals surface area contributed by atoms with Crippen LogP contribution in [0, 0.1) is 0 Å². The van der Waals surface area contributed by atoms with Crippen molar-refractivity contribution < 1.29 is 9.59 Å². The zero-order chi connectivity index (χ0) is 18.6. The van der Waals surface area contributed by atoms with Crippen LogP contribution in [-0.4, -0.2) is 44.3 Å². The van der Waals surface area contributed by atoms with Crippen LogP contribution in [-0.2, 0) is 19.5 Å². The minimum atomic E-state index is -0.229. The van der Waals surface area contributed by atoms with Gasteiger partial charge in [-0.05, 0) is 56.2 Å². The van der Waals surface area contributed by atoms with E-state index in [1.165, 1.54) is 6.42 Å². The molecule has 0 radical (unpaired) electrons. The molecule has 0 spiro atoms. The fraction of sp³-hybridized carbons (Fsp3) is 0.500. The molecule has 1 N–H and O–H groups in total. The molecular weight excluding hydrogens is 342 g/mol. The Balaban J connectivity index is 1.56. The molecule has 27 heavy (non-hydrogen) atoms. The summed E-state index contributed by atoms with van der Waals surface area (Å²) in [6.07, 6.45) is 9.51. The Hall–Kier alpha value is -2.70. The summed E-state index contributed by atoms with van der Waals surface area (Å²) < 4.78 is 1.95. The Morgan fingerprint density at radius 3 is 2.52 bits per heavy atom. The van der Waals surface area contributed by atoms with Crippen molar-refractivity contribution in [1.82, 2.24) is 24.8 Å². The van der Waals surface area contributed by atoms with Gasteiger partial charge in [0.15, 0.2) is 5.82 Å². The molecule has 0 unspecified atom stereocenters. The van der Waals surface area contributed by atoms with Crippen molar-refractivity contribution in [3.05, 3.63) is 47.3 Å². The maximum absolute atomic E-state index is 13.0. The van der Waals surface area contributed by atoms with Crippen molar-refractivity contribution in [3.63, 3.8) is 0 Å². The Morgan fingerprint density at radius 2 is 1.74 bits per heavy atom. The van der Waals surface area contributed by atoms with Gasteiger partial charge in [-0.15, -0.1) is 0 Å². The molecule has 7 nitrogen and oxygen atoms in total. The Kier molecular flexibility index (Phi) is 5.18. The van der Waals surface area contributed by atoms with Crippen LogP contribution in [0.25, 0.3) is 0 Å². The molecule has 142 valence electrons. The second-order valence-corrected chi connectivity index (χ2v) is 7.23. The molecule has 2 aliphatic rings. The van der Waals surface area contributed by atoms with E-state index in [4.69, 9.17) is 0 Å². The summed E-state index contributed by atoms with van der Waals surface area (Å²) in [5.74, 6) is 0.111. The molecule has 1 fully saturated rings. The first kappa shape index (κ1) is 17.7. The van der Waals surface area contributed by atoms with E-state index in [1.807, 2.05) is 21.6 Å². The highest BCUT2D eigenvalue weighted by atomic mass is 16.2. The second kappa shape index (κ2) is 7.90. The van der Waals surface area contributed by atoms with Crippen molar-refractivity contribution >= 4 is 11.8 Å². The lowest BCUT2D eigenvalue weighted by atomic mass is 10.1. The van der Waals surface area contributed by atoms with Gasteiger partial charge >= 0.3 is 0 Å². The number of pyridine rings is 1. The van der Waals surface area contributed by atoms with Crippen LogP contribution >= 0.6 is 0 Å². The number of likely N-dealkylation sites (tertiary alicyclic amines) is 1. The molecule has 0 aliphatic carbocycles. The first-order valence-electron chi connectivity index (χ1n) is 9.80. The standard InChI is InChI=1S/C20H25N5O2/c26-19(22-14-15-7-9-21-10-8-15)18-23-17(16-6-2-5-13-25(16)18)20(27)24-11-3-1-4-12-24/h7-10H,1-6,11-14H2,(H,22,26). The summed E-state index contributed by atoms with van der Waals surface area (Å²) in [6, 6.07) is 3.74. The van der Waals surface area contributed by atoms with Crippen LogP contribution in [0.3, 0.4) is 0 Å². The van der Waals surface area contributed by atoms with Crippen LogP contribution in [0.15, 0.2) is 24.5 Å². The van der Waals surface area contributed by atoms with Crippen molar-refractivity contribution in [1.29, 1.82) is 0 Å². The van der Waals surface area contributed by atoms with Gasteiger partial charge in [0, 0.05) is 38.6 Å². The maximum Gasteiger partial charge on any atom is 0.287 e. The van der Waals surface area contributed by atoms with Gasteiger partial charge in [-0.1, -0.05) is 0 Å². The van der Waals surface area contributed by atoms with Gasteiger partial charge < -0.3 is 14.8 Å². The number of nitrogens with one attached hydrogen (secondary N) is 1. The SMILES string of the molecule is O=C(NCc1ccncc1)c1nc(C(=O)N2CCCCC2)c2n1CCCC2. The highest BCUT2D eigenvalue weighted by Gasteiger charge is 2.30. The van der Waals surface area contributed by atoms with Gasteiger partial charge in [0.2, 0.25) is 0 Å². The van der Waals surface area contributed by atoms with Gasteiger partial charge in [-0.3, -0.25) is 14.6 Å². The number of carbonyl (C=O) groups is 2. The van der Waals surface area contributed by atoms with Crippen molar-refractivity contribution in [2.24, 2.45) is 0 Å². The van der Waals surface area contributed by atoms with Crippen LogP contribution in [0.4, 0.5) is 0 Å². The number of hydrogen-bond donors (Lipinski definition) is 1. The molecule has 0 aromatic carbocycles. The minimum absolute atomic E-state index is 0.0199. The first-order valence-corrected chi connectivity index (χ1v) is 9.80. The average molecular weight is 367 g/mol. The van der Waals surface area contributed by atoms with Crippen LogP contribution in [0.2, 0.25) is 0 Å². The number of fused-ring (bicyclic) bond motifs is 1. The number of rotatable bonds is 4. The molecule has 0 atom stereocenters. The van der Waals surface area contributed by atoms with E-state index in [2.05, 4.69) is 15.3 Å². The van der Waals surface area contributed by atoms with Gasteiger partial charge in [0.05, 0.1) is 5.69 Å². The summed E-state index contributed by atoms with van der Waals surface area (Å²) in [6.45, 7) is 2.73. The summed E-state index contributed by atoms with van der Waals surface area (Å²) >= 11 is 0. The van der Waals surface area contributed by atoms with Gasteiger partial charge in [0.1, 0.15) is 5.69 Å². The minimum Gasteiger partial charge on any atom is -0.345 e. The predicted octanol–water partition coefficient (Wildman–Crippen LogP) is 2.17. The number of amides is 2. The van der Waals surface area contributed by atoms with E-state index < -0.39 is 0 Å². The van der Waals surface area contributed by atoms with Crippen molar-refractivity contribution in [2.45, 2.75) is 51.6 Å². The topological polar surface area (TPSA) is 80.1 Å². The highest BCUT2D eigenvalue weighted by molar-refractivity contribution is 5.97. The second-order valence-electron chi connectivity index (χ2n) is 7.23. The van der Waals surface area contributed by atoms with Gasteiger partial charge in [0.25, 0.3) is 11.8 Å². The number of nitrogens with zero attached hydrogens (tertiary/aromatic N) is 4. The van der Waals surface area contributed by atoms with Crippen molar-refractivity contribution in [3.8, 4) is 0 Å². The highest BCUT2D eigenvalue weighted by Crippen LogP contribution is 2.23. The van der Waals surface area contributed by atoms with Gasteiger partial charge in [-0.25, -0.2) is 4.98 Å². The summed E-state index contributed by atoms with van der Waals surface area (Å²) in [5, 5.41) is 2.92. The molecule has 0 bridgehead atoms. The molecular formula is C20H25N5O2. The molecule has 2 aromatic heterocycles. The van der Waals surface area contributed by atoms with Gasteiger partial charge in [-0.2, -0.15) is 0 Å². The Bertz CT molecular complexity index is 824. The largest absolute Gasteiger partial charge is 0.345 e. The van der Waals surface area contributed by atoms with Crippen LogP contribution in [0.1, 0.15) is 64.5 Å². The molecule has 4 rings (SSSR count). The van der Waals surface area contributed by atoms with E-state index in [0.717, 1.165) is 63.0 Å². The molecule has 0 saturated carbocycles. The lowest BCUT2D eigenvalue weighted by Crippen LogP contribution is -2.36. The van der Waals surface area contributed by atoms with Crippen molar-refractivity contribution in [2.75, 3.05) is 13.1 Å². The van der Waals surface area contributed by atoms with E-state index in [-0.39, 0.29) is 11.8 Å². The molecule has 1 saturated heterocycles. The van der Waals surface area contributed by atoms with E-state index in [9.17, 15) is 9.59 Å². The molecule has 2 amide bonds. The summed E-state index contributed by atoms with van der Waals surface area (Å²) in [5.41, 5.74) is 2.38. The maximum atomic E-state index is 13.0.